The van der Waals surface area contributed by atoms with Crippen LogP contribution in [0.4, 0.5) is 0 Å². The molecule has 0 saturated carbocycles. The number of rotatable bonds is 0. The van der Waals surface area contributed by atoms with Crippen LogP contribution in [-0.4, -0.2) is 10.2 Å². The van der Waals surface area contributed by atoms with Gasteiger partial charge in [0.05, 0.1) is 0 Å². The van der Waals surface area contributed by atoms with Crippen molar-refractivity contribution in [1.29, 1.82) is 10.5 Å². The molecule has 0 aromatic carbocycles. The molecule has 0 aromatic heterocycles. The fourth-order valence-electron chi connectivity index (χ4n) is 0. The van der Waals surface area contributed by atoms with E-state index in [4.69, 9.17) is 20.7 Å². The molecule has 2 N–H and O–H groups in total. The first-order chi connectivity index (χ1) is 2.83. The van der Waals surface area contributed by atoms with E-state index < -0.39 is 0 Å². The van der Waals surface area contributed by atoms with Crippen molar-refractivity contribution in [1.82, 2.24) is 0 Å². The van der Waals surface area contributed by atoms with Gasteiger partial charge in [0.25, 0.3) is 12.5 Å². The smallest absolute Gasteiger partial charge is 0.443 e. The largest absolute Gasteiger partial charge is 1.00 e. The number of nitriles is 2. The molecule has 0 unspecified atom stereocenters. The number of aliphatic hydroxyl groups is 2. The Kier molecular flexibility index (Phi) is 127. The second kappa shape index (κ2) is 44.0. The van der Waals surface area contributed by atoms with Crippen molar-refractivity contribution in [2.24, 2.45) is 0 Å². The van der Waals surface area contributed by atoms with Crippen LogP contribution in [0.15, 0.2) is 0 Å². The monoisotopic (exact) mass is 322 g/mol. The zero-order chi connectivity index (χ0) is 5.41. The summed E-state index contributed by atoms with van der Waals surface area (Å²) in [5.41, 5.74) is 0. The van der Waals surface area contributed by atoms with Gasteiger partial charge in [0.2, 0.25) is 0 Å². The van der Waals surface area contributed by atoms with E-state index in [0.717, 1.165) is 12.5 Å². The van der Waals surface area contributed by atoms with Gasteiger partial charge in [-0.3, -0.25) is 0 Å². The molecule has 0 rings (SSSR count). The molecule has 0 aliphatic carbocycles. The molecular weight excluding hydrogens is 320 g/mol. The maximum Gasteiger partial charge on any atom is 1.00 e. The molecule has 0 aliphatic heterocycles. The molecule has 8 heavy (non-hydrogen) atoms. The molecule has 1 radical (unpaired) electrons. The van der Waals surface area contributed by atoms with Gasteiger partial charge in [-0.25, -0.2) is 0 Å². The Morgan fingerprint density at radius 1 is 1.00 bits per heavy atom. The van der Waals surface area contributed by atoms with Gasteiger partial charge in [-0.1, -0.05) is 0 Å². The summed E-state index contributed by atoms with van der Waals surface area (Å²) in [5, 5.41) is 27.5. The summed E-state index contributed by atoms with van der Waals surface area (Å²) in [4.78, 5) is 0. The summed E-state index contributed by atoms with van der Waals surface area (Å²) in [6, 6.07) is 0. The quantitative estimate of drug-likeness (QED) is 0.361. The third kappa shape index (κ3) is 270. The van der Waals surface area contributed by atoms with Crippen LogP contribution in [-0.2, 0) is 22.4 Å². The Labute approximate surface area is 105 Å². The predicted octanol–water partition coefficient (Wildman–Crippen LogP) is -3.32. The zero-order valence-corrected chi connectivity index (χ0v) is 9.38. The van der Waals surface area contributed by atoms with E-state index >= 15 is 0 Å². The first-order valence-corrected chi connectivity index (χ1v) is 0.894. The van der Waals surface area contributed by atoms with Crippen LogP contribution in [0, 0.1) is 23.0 Å². The Morgan fingerprint density at radius 3 is 1.00 bits per heavy atom. The van der Waals surface area contributed by atoms with E-state index in [1.54, 1.807) is 0 Å². The molecule has 4 nitrogen and oxygen atoms in total. The van der Waals surface area contributed by atoms with Crippen LogP contribution >= 0.6 is 0 Å². The minimum absolute atomic E-state index is 0. The van der Waals surface area contributed by atoms with Gasteiger partial charge >= 0.3 is 51.4 Å². The number of hydrogen-bond acceptors (Lipinski definition) is 4. The van der Waals surface area contributed by atoms with Gasteiger partial charge < -0.3 is 10.2 Å². The van der Waals surface area contributed by atoms with Crippen molar-refractivity contribution in [3.05, 3.63) is 0 Å². The Bertz CT molecular complexity index is 73.0. The van der Waals surface area contributed by atoms with Crippen molar-refractivity contribution in [3.63, 3.8) is 0 Å². The van der Waals surface area contributed by atoms with Gasteiger partial charge in [-0.05, 0) is 0 Å². The number of hydrogen-bond donors (Lipinski definition) is 2. The van der Waals surface area contributed by atoms with Crippen LogP contribution in [0.25, 0.3) is 0 Å². The molecule has 43 valence electrons. The maximum absolute atomic E-state index is 6.88. The first-order valence-electron chi connectivity index (χ1n) is 0.894. The number of nitrogens with zero attached hydrogens (tertiary/aromatic N) is 2. The summed E-state index contributed by atoms with van der Waals surface area (Å²) in [6.07, 6.45) is 1.50. The van der Waals surface area contributed by atoms with Gasteiger partial charge in [0.1, 0.15) is 0 Å². The molecule has 0 aliphatic rings. The number of aliphatic hydroxyl groups excluding tert-OH is 2. The second-order valence-corrected chi connectivity index (χ2v) is 0.200. The van der Waals surface area contributed by atoms with E-state index in [1.807, 2.05) is 0 Å². The van der Waals surface area contributed by atoms with Crippen LogP contribution in [0.2, 0.25) is 0 Å². The third-order valence-electron chi connectivity index (χ3n) is 0. The predicted molar refractivity (Wildman–Crippen MR) is 15.1 cm³/mol. The van der Waals surface area contributed by atoms with Crippen LogP contribution in [0.3, 0.4) is 0 Å². The molecule has 0 spiro atoms. The van der Waals surface area contributed by atoms with E-state index in [1.165, 1.54) is 0 Å². The van der Waals surface area contributed by atoms with E-state index in [9.17, 15) is 0 Å². The second-order valence-electron chi connectivity index (χ2n) is 0.200. The molecule has 0 atom stereocenters. The Hall–Kier alpha value is 0.957. The van der Waals surface area contributed by atoms with Gasteiger partial charge in [0.15, 0.2) is 0 Å². The van der Waals surface area contributed by atoms with Gasteiger partial charge in [-0.15, -0.1) is 0 Å². The van der Waals surface area contributed by atoms with Crippen LogP contribution in [0.5, 0.6) is 0 Å². The fraction of sp³-hybridized carbons (Fsp3) is 0. The fourth-order valence-corrected chi connectivity index (χ4v) is 0. The van der Waals surface area contributed by atoms with Gasteiger partial charge in [0, 0.05) is 22.4 Å². The summed E-state index contributed by atoms with van der Waals surface area (Å²) < 4.78 is 0. The SMILES string of the molecule is N#CO.N#CO.[Au].[K+]. The van der Waals surface area contributed by atoms with Crippen molar-refractivity contribution < 1.29 is 84.0 Å². The minimum Gasteiger partial charge on any atom is -0.443 e. The normalized spacial score (nSPS) is 1.75. The van der Waals surface area contributed by atoms with Crippen LogP contribution in [0.1, 0.15) is 0 Å². The molecule has 0 bridgehead atoms. The maximum atomic E-state index is 6.88. The van der Waals surface area contributed by atoms with E-state index in [-0.39, 0.29) is 73.8 Å². The first kappa shape index (κ1) is 23.1. The molecular formula is C2H2AuKN2O2+. The van der Waals surface area contributed by atoms with E-state index in [0.29, 0.717) is 0 Å². The van der Waals surface area contributed by atoms with E-state index in [2.05, 4.69) is 0 Å². The summed E-state index contributed by atoms with van der Waals surface area (Å²) in [7, 11) is 0. The standard InChI is InChI=1S/2CHNO.Au.K/c2*2-1-3;;/h2*3H;;/q;;;+1. The van der Waals surface area contributed by atoms with Crippen LogP contribution < -0.4 is 51.4 Å². The summed E-state index contributed by atoms with van der Waals surface area (Å²) in [6.45, 7) is 0. The Morgan fingerprint density at radius 2 is 1.00 bits per heavy atom. The Balaban J connectivity index is -0.0000000160. The molecule has 0 amide bonds. The minimum atomic E-state index is 0. The third-order valence-corrected chi connectivity index (χ3v) is 0. The average Bonchev–Trinajstić information content (AvgIpc) is 1.39. The van der Waals surface area contributed by atoms with Crippen molar-refractivity contribution in [2.75, 3.05) is 0 Å². The van der Waals surface area contributed by atoms with Gasteiger partial charge in [-0.2, -0.15) is 10.5 Å². The zero-order valence-electron chi connectivity index (χ0n) is 4.09. The summed E-state index contributed by atoms with van der Waals surface area (Å²) in [5.74, 6) is 0. The average molecular weight is 322 g/mol. The molecule has 0 heterocycles. The van der Waals surface area contributed by atoms with Crippen molar-refractivity contribution in [3.8, 4) is 12.5 Å². The molecule has 0 aromatic rings. The molecule has 6 heteroatoms. The summed E-state index contributed by atoms with van der Waals surface area (Å²) >= 11 is 0. The van der Waals surface area contributed by atoms with Crippen molar-refractivity contribution in [2.45, 2.75) is 0 Å². The molecule has 0 fully saturated rings. The van der Waals surface area contributed by atoms with Crippen molar-refractivity contribution >= 4 is 0 Å². The topological polar surface area (TPSA) is 88.0 Å². The molecule has 0 saturated heterocycles.